The van der Waals surface area contributed by atoms with Crippen LogP contribution in [0.2, 0.25) is 0 Å². The van der Waals surface area contributed by atoms with Crippen LogP contribution in [0.4, 0.5) is 0 Å². The van der Waals surface area contributed by atoms with Crippen molar-refractivity contribution in [1.82, 2.24) is 0 Å². The normalized spacial score (nSPS) is 13.9. The van der Waals surface area contributed by atoms with Gasteiger partial charge in [-0.25, -0.2) is 0 Å². The summed E-state index contributed by atoms with van der Waals surface area (Å²) >= 11 is 0. The van der Waals surface area contributed by atoms with Crippen LogP contribution in [-0.4, -0.2) is 5.11 Å². The quantitative estimate of drug-likeness (QED) is 0.144. The van der Waals surface area contributed by atoms with Gasteiger partial charge in [0.15, 0.2) is 0 Å². The molecule has 2 aromatic rings. The minimum atomic E-state index is 0.403. The third kappa shape index (κ3) is 16.9. The summed E-state index contributed by atoms with van der Waals surface area (Å²) in [4.78, 5) is 0. The first-order chi connectivity index (χ1) is 22.5. The molecule has 1 nitrogen and oxygen atoms in total. The van der Waals surface area contributed by atoms with Gasteiger partial charge in [0.25, 0.3) is 0 Å². The zero-order valence-electron chi connectivity index (χ0n) is 31.5. The van der Waals surface area contributed by atoms with Crippen LogP contribution in [0, 0.1) is 13.0 Å². The van der Waals surface area contributed by atoms with Crippen molar-refractivity contribution in [2.75, 3.05) is 0 Å². The van der Waals surface area contributed by atoms with E-state index in [1.807, 2.05) is 31.2 Å². The van der Waals surface area contributed by atoms with Crippen LogP contribution in [0.15, 0.2) is 106 Å². The summed E-state index contributed by atoms with van der Waals surface area (Å²) < 4.78 is 0. The number of hydrogen-bond donors (Lipinski definition) is 1. The molecule has 0 amide bonds. The average Bonchev–Trinajstić information content (AvgIpc) is 3.00. The van der Waals surface area contributed by atoms with Crippen LogP contribution < -0.4 is 0 Å². The Kier molecular flexibility index (Phi) is 18.9. The predicted molar refractivity (Wildman–Crippen MR) is 210 cm³/mol. The number of rotatable bonds is 20. The van der Waals surface area contributed by atoms with E-state index in [2.05, 4.69) is 104 Å². The van der Waals surface area contributed by atoms with Crippen LogP contribution in [0.25, 0.3) is 10.8 Å². The van der Waals surface area contributed by atoms with E-state index in [0.29, 0.717) is 5.75 Å². The molecule has 0 atom stereocenters. The smallest absolute Gasteiger partial charge is 0.127 e. The maximum atomic E-state index is 10.8. The van der Waals surface area contributed by atoms with Gasteiger partial charge in [0, 0.05) is 10.9 Å². The summed E-state index contributed by atoms with van der Waals surface area (Å²) in [6.07, 6.45) is 31.2. The minimum Gasteiger partial charge on any atom is -0.507 e. The Hall–Kier alpha value is -3.32. The van der Waals surface area contributed by atoms with Crippen molar-refractivity contribution in [3.63, 3.8) is 0 Å². The first-order valence-electron chi connectivity index (χ1n) is 18.2. The number of hydrogen-bond acceptors (Lipinski definition) is 1. The van der Waals surface area contributed by atoms with Gasteiger partial charge in [0.1, 0.15) is 5.75 Å². The van der Waals surface area contributed by atoms with E-state index in [0.717, 1.165) is 86.1 Å². The van der Waals surface area contributed by atoms with E-state index in [1.54, 1.807) is 0 Å². The summed E-state index contributed by atoms with van der Waals surface area (Å²) in [5.74, 6) is 0.403. The van der Waals surface area contributed by atoms with Gasteiger partial charge in [-0.15, -0.1) is 0 Å². The lowest BCUT2D eigenvalue weighted by Gasteiger charge is -2.10. The minimum absolute atomic E-state index is 0.403. The molecule has 0 saturated carbocycles. The number of aromatic hydroxyl groups is 1. The molecule has 0 fully saturated rings. The highest BCUT2D eigenvalue weighted by Crippen LogP contribution is 2.32. The number of allylic oxidation sites excluding steroid dienone is 14. The molecule has 0 bridgehead atoms. The fourth-order valence-corrected chi connectivity index (χ4v) is 5.87. The molecule has 0 aliphatic rings. The SMILES string of the molecule is CC(C)=CCC/C(C)=C/CC/C(C)=C/CC/C(C)=C/CC/C(C)=C/CC/C(C)=C/CC/C(C)=C/Cc1c(C)[c]c2ccccc2c1O. The van der Waals surface area contributed by atoms with E-state index in [4.69, 9.17) is 0 Å². The van der Waals surface area contributed by atoms with Crippen LogP contribution >= 0.6 is 0 Å². The summed E-state index contributed by atoms with van der Waals surface area (Å²) in [6.45, 7) is 20.0. The average molecular weight is 634 g/mol. The van der Waals surface area contributed by atoms with E-state index in [9.17, 15) is 5.11 Å². The van der Waals surface area contributed by atoms with Crippen LogP contribution in [0.3, 0.4) is 0 Å². The molecule has 255 valence electrons. The van der Waals surface area contributed by atoms with Crippen molar-refractivity contribution >= 4 is 10.8 Å². The molecule has 0 aromatic heterocycles. The fraction of sp³-hybridized carbons (Fsp3) is 0.478. The first kappa shape index (κ1) is 39.9. The highest BCUT2D eigenvalue weighted by molar-refractivity contribution is 5.89. The number of phenols is 1. The van der Waals surface area contributed by atoms with Gasteiger partial charge in [-0.3, -0.25) is 0 Å². The lowest BCUT2D eigenvalue weighted by atomic mass is 9.97. The topological polar surface area (TPSA) is 20.2 Å². The van der Waals surface area contributed by atoms with Crippen molar-refractivity contribution in [3.05, 3.63) is 123 Å². The lowest BCUT2D eigenvalue weighted by Crippen LogP contribution is -1.92. The van der Waals surface area contributed by atoms with Crippen molar-refractivity contribution in [2.24, 2.45) is 0 Å². The van der Waals surface area contributed by atoms with Gasteiger partial charge in [0.05, 0.1) is 0 Å². The highest BCUT2D eigenvalue weighted by atomic mass is 16.3. The molecule has 0 unspecified atom stereocenters. The van der Waals surface area contributed by atoms with Crippen molar-refractivity contribution in [1.29, 1.82) is 0 Å². The van der Waals surface area contributed by atoms with Crippen molar-refractivity contribution in [3.8, 4) is 5.75 Å². The molecule has 1 heteroatoms. The molecule has 0 aliphatic carbocycles. The molecule has 1 radical (unpaired) electrons. The molecule has 2 rings (SSSR count). The van der Waals surface area contributed by atoms with Gasteiger partial charge < -0.3 is 5.11 Å². The second kappa shape index (κ2) is 22.3. The van der Waals surface area contributed by atoms with Gasteiger partial charge in [-0.05, 0) is 163 Å². The lowest BCUT2D eigenvalue weighted by molar-refractivity contribution is 0.475. The van der Waals surface area contributed by atoms with Crippen molar-refractivity contribution in [2.45, 2.75) is 146 Å². The van der Waals surface area contributed by atoms with Gasteiger partial charge in [0.2, 0.25) is 0 Å². The van der Waals surface area contributed by atoms with E-state index >= 15 is 0 Å². The Morgan fingerprint density at radius 3 is 1.30 bits per heavy atom. The Balaban J connectivity index is 1.64. The monoisotopic (exact) mass is 634 g/mol. The second-order valence-corrected chi connectivity index (χ2v) is 14.1. The fourth-order valence-electron chi connectivity index (χ4n) is 5.87. The van der Waals surface area contributed by atoms with Gasteiger partial charge in [-0.1, -0.05) is 106 Å². The Bertz CT molecular complexity index is 1480. The summed E-state index contributed by atoms with van der Waals surface area (Å²) in [5, 5.41) is 12.7. The largest absolute Gasteiger partial charge is 0.507 e. The maximum Gasteiger partial charge on any atom is 0.127 e. The molecule has 0 aliphatic heterocycles. The summed E-state index contributed by atoms with van der Waals surface area (Å²) in [6, 6.07) is 11.4. The standard InChI is InChI=1S/C46H65O/c1-35(2)18-12-19-36(3)20-13-21-37(4)22-14-23-38(5)24-15-25-39(6)26-16-27-40(7)28-17-29-41(8)32-33-44-42(9)34-43-30-10-11-31-45(43)46(44)47/h10-11,18,20,22,24,26,28,30-32,47H,12-17,19,21,23,25,27,29,33H2,1-9H3/b36-20+,37-22+,38-24+,39-26+,40-28+,41-32+. The summed E-state index contributed by atoms with van der Waals surface area (Å²) in [5.41, 5.74) is 12.3. The Morgan fingerprint density at radius 2 is 0.894 bits per heavy atom. The third-order valence-electron chi connectivity index (χ3n) is 9.15. The molecule has 0 heterocycles. The Morgan fingerprint density at radius 1 is 0.532 bits per heavy atom. The first-order valence-corrected chi connectivity index (χ1v) is 18.2. The zero-order chi connectivity index (χ0) is 34.6. The molecule has 0 saturated heterocycles. The molecule has 1 N–H and O–H groups in total. The van der Waals surface area contributed by atoms with E-state index in [1.165, 1.54) is 58.3 Å². The number of benzene rings is 2. The maximum absolute atomic E-state index is 10.8. The highest BCUT2D eigenvalue weighted by Gasteiger charge is 2.09. The van der Waals surface area contributed by atoms with Crippen LogP contribution in [0.5, 0.6) is 5.75 Å². The summed E-state index contributed by atoms with van der Waals surface area (Å²) in [7, 11) is 0. The van der Waals surface area contributed by atoms with E-state index in [-0.39, 0.29) is 0 Å². The van der Waals surface area contributed by atoms with Crippen LogP contribution in [-0.2, 0) is 6.42 Å². The number of phenolic OH excluding ortho intramolecular Hbond substituents is 1. The van der Waals surface area contributed by atoms with Gasteiger partial charge in [-0.2, -0.15) is 0 Å². The molecule has 2 aromatic carbocycles. The molecular formula is C46H65O. The van der Waals surface area contributed by atoms with Crippen molar-refractivity contribution < 1.29 is 5.11 Å². The van der Waals surface area contributed by atoms with E-state index < -0.39 is 0 Å². The van der Waals surface area contributed by atoms with Gasteiger partial charge >= 0.3 is 0 Å². The molecule has 0 spiro atoms. The third-order valence-corrected chi connectivity index (χ3v) is 9.15. The second-order valence-electron chi connectivity index (χ2n) is 14.1. The molecule has 47 heavy (non-hydrogen) atoms. The number of aryl methyl sites for hydroxylation is 1. The Labute approximate surface area is 289 Å². The zero-order valence-corrected chi connectivity index (χ0v) is 31.5. The molecular weight excluding hydrogens is 569 g/mol. The number of fused-ring (bicyclic) bond motifs is 1. The van der Waals surface area contributed by atoms with Crippen LogP contribution in [0.1, 0.15) is 144 Å². The predicted octanol–water partition coefficient (Wildman–Crippen LogP) is 14.5.